The first-order valence-electron chi connectivity index (χ1n) is 13.0. The molecule has 7 nitrogen and oxygen atoms in total. The van der Waals surface area contributed by atoms with Gasteiger partial charge in [0.25, 0.3) is 0 Å². The van der Waals surface area contributed by atoms with Crippen molar-refractivity contribution in [3.8, 4) is 17.1 Å². The average molecular weight is 561 g/mol. The normalized spacial score (nSPS) is 15.9. The number of aromatic nitrogens is 2. The van der Waals surface area contributed by atoms with Gasteiger partial charge in [-0.3, -0.25) is 5.32 Å². The van der Waals surface area contributed by atoms with E-state index >= 15 is 0 Å². The molecule has 204 valence electrons. The predicted molar refractivity (Wildman–Crippen MR) is 150 cm³/mol. The van der Waals surface area contributed by atoms with Gasteiger partial charge < -0.3 is 14.4 Å². The number of morpholine rings is 1. The van der Waals surface area contributed by atoms with Crippen molar-refractivity contribution in [1.29, 1.82) is 0 Å². The number of rotatable bonds is 7. The fourth-order valence-corrected chi connectivity index (χ4v) is 5.75. The van der Waals surface area contributed by atoms with Crippen molar-refractivity contribution >= 4 is 29.4 Å². The maximum Gasteiger partial charge on any atom is 0.417 e. The van der Waals surface area contributed by atoms with Crippen LogP contribution < -0.4 is 15.0 Å². The summed E-state index contributed by atoms with van der Waals surface area (Å²) in [6.07, 6.45) is 1.14. The van der Waals surface area contributed by atoms with Crippen LogP contribution in [0.4, 0.5) is 25.1 Å². The topological polar surface area (TPSA) is 76.6 Å². The first kappa shape index (κ1) is 26.2. The molecule has 4 aromatic rings. The quantitative estimate of drug-likeness (QED) is 0.271. The summed E-state index contributed by atoms with van der Waals surface area (Å²) < 4.78 is 37.9. The molecular weight excluding hydrogens is 534 g/mol. The fourth-order valence-electron chi connectivity index (χ4n) is 4.48. The highest BCUT2D eigenvalue weighted by molar-refractivity contribution is 8.00. The van der Waals surface area contributed by atoms with E-state index in [1.54, 1.807) is 42.5 Å². The molecule has 0 bridgehead atoms. The molecule has 2 aliphatic rings. The molecule has 0 spiro atoms. The van der Waals surface area contributed by atoms with Gasteiger partial charge in [-0.2, -0.15) is 0 Å². The lowest BCUT2D eigenvalue weighted by Crippen LogP contribution is -2.37. The monoisotopic (exact) mass is 560 g/mol. The molecule has 3 aromatic carbocycles. The molecule has 40 heavy (non-hydrogen) atoms. The van der Waals surface area contributed by atoms with Gasteiger partial charge in [0.2, 0.25) is 0 Å². The molecule has 0 radical (unpaired) electrons. The van der Waals surface area contributed by atoms with Crippen molar-refractivity contribution in [2.45, 2.75) is 22.5 Å². The summed E-state index contributed by atoms with van der Waals surface area (Å²) in [5.74, 6) is 0.0790. The Bertz CT molecular complexity index is 1510. The summed E-state index contributed by atoms with van der Waals surface area (Å²) in [6.45, 7) is 2.66. The zero-order chi connectivity index (χ0) is 27.5. The predicted octanol–water partition coefficient (Wildman–Crippen LogP) is 6.65. The molecule has 1 amide bonds. The molecule has 2 heterocycles. The highest BCUT2D eigenvalue weighted by Crippen LogP contribution is 2.59. The van der Waals surface area contributed by atoms with Crippen LogP contribution in [0.5, 0.6) is 5.75 Å². The van der Waals surface area contributed by atoms with E-state index in [-0.39, 0.29) is 4.75 Å². The highest BCUT2D eigenvalue weighted by Gasteiger charge is 2.47. The van der Waals surface area contributed by atoms with Crippen LogP contribution in [0.2, 0.25) is 0 Å². The summed E-state index contributed by atoms with van der Waals surface area (Å²) in [5, 5.41) is 2.73. The molecular formula is C30H26F2N4O3S. The summed E-state index contributed by atoms with van der Waals surface area (Å²) >= 11 is 1.50. The number of hydrogen-bond donors (Lipinski definition) is 1. The minimum Gasteiger partial charge on any atom is -0.410 e. The molecule has 1 saturated carbocycles. The Labute approximate surface area is 234 Å². The molecule has 0 unspecified atom stereocenters. The van der Waals surface area contributed by atoms with Gasteiger partial charge in [0.15, 0.2) is 17.5 Å². The number of ether oxygens (including phenoxy) is 2. The second kappa shape index (κ2) is 11.2. The Hall–Kier alpha value is -4.02. The van der Waals surface area contributed by atoms with E-state index in [2.05, 4.69) is 10.2 Å². The van der Waals surface area contributed by atoms with E-state index in [0.717, 1.165) is 36.0 Å². The first-order chi connectivity index (χ1) is 19.5. The van der Waals surface area contributed by atoms with E-state index in [1.165, 1.54) is 17.8 Å². The fraction of sp³-hybridized carbons (Fsp3) is 0.233. The average Bonchev–Trinajstić information content (AvgIpc) is 3.77. The van der Waals surface area contributed by atoms with Gasteiger partial charge in [0.1, 0.15) is 11.6 Å². The summed E-state index contributed by atoms with van der Waals surface area (Å²) in [6, 6.07) is 22.1. The summed E-state index contributed by atoms with van der Waals surface area (Å²) in [5.41, 5.74) is 2.20. The number of para-hydroxylation sites is 1. The third-order valence-electron chi connectivity index (χ3n) is 6.77. The standard InChI is InChI=1S/C30H26F2N4O3S/c31-24-11-10-23(18-25(24)32)40-30(12-13-30)26-19-27(36-14-16-38-17-15-36)35-28(34-26)20-6-8-21(9-7-20)33-29(37)39-22-4-2-1-3-5-22/h1-11,18-19H,12-17H2,(H,33,37). The lowest BCUT2D eigenvalue weighted by molar-refractivity contribution is 0.122. The van der Waals surface area contributed by atoms with E-state index < -0.39 is 17.7 Å². The van der Waals surface area contributed by atoms with Crippen LogP contribution in [0.15, 0.2) is 83.8 Å². The smallest absolute Gasteiger partial charge is 0.410 e. The third kappa shape index (κ3) is 5.93. The van der Waals surface area contributed by atoms with Gasteiger partial charge in [-0.25, -0.2) is 23.5 Å². The van der Waals surface area contributed by atoms with Crippen molar-refractivity contribution < 1.29 is 23.0 Å². The van der Waals surface area contributed by atoms with Crippen molar-refractivity contribution in [2.24, 2.45) is 0 Å². The number of amides is 1. The number of carbonyl (C=O) groups excluding carboxylic acids is 1. The molecule has 6 rings (SSSR count). The Morgan fingerprint density at radius 1 is 0.925 bits per heavy atom. The van der Waals surface area contributed by atoms with Gasteiger partial charge in [-0.15, -0.1) is 11.8 Å². The Balaban J connectivity index is 1.26. The molecule has 1 saturated heterocycles. The van der Waals surface area contributed by atoms with E-state index in [0.29, 0.717) is 48.5 Å². The van der Waals surface area contributed by atoms with Crippen LogP contribution in [0, 0.1) is 11.6 Å². The van der Waals surface area contributed by atoms with Crippen molar-refractivity contribution in [1.82, 2.24) is 9.97 Å². The van der Waals surface area contributed by atoms with Crippen LogP contribution >= 0.6 is 11.8 Å². The van der Waals surface area contributed by atoms with Crippen LogP contribution in [-0.4, -0.2) is 42.4 Å². The first-order valence-corrected chi connectivity index (χ1v) is 13.8. The molecule has 1 N–H and O–H groups in total. The maximum absolute atomic E-state index is 13.9. The zero-order valence-corrected chi connectivity index (χ0v) is 22.3. The maximum atomic E-state index is 13.9. The van der Waals surface area contributed by atoms with Crippen molar-refractivity contribution in [2.75, 3.05) is 36.5 Å². The molecule has 1 aromatic heterocycles. The van der Waals surface area contributed by atoms with Gasteiger partial charge in [-0.1, -0.05) is 18.2 Å². The molecule has 0 atom stereocenters. The van der Waals surface area contributed by atoms with Crippen molar-refractivity contribution in [3.63, 3.8) is 0 Å². The second-order valence-electron chi connectivity index (χ2n) is 9.61. The zero-order valence-electron chi connectivity index (χ0n) is 21.5. The number of carbonyl (C=O) groups is 1. The molecule has 1 aliphatic carbocycles. The Kier molecular flexibility index (Phi) is 7.36. The van der Waals surface area contributed by atoms with Gasteiger partial charge >= 0.3 is 6.09 Å². The van der Waals surface area contributed by atoms with Crippen molar-refractivity contribution in [3.05, 3.63) is 96.2 Å². The number of anilines is 2. The number of benzene rings is 3. The number of nitrogens with one attached hydrogen (secondary N) is 1. The Morgan fingerprint density at radius 3 is 2.38 bits per heavy atom. The van der Waals surface area contributed by atoms with Gasteiger partial charge in [0.05, 0.1) is 23.7 Å². The van der Waals surface area contributed by atoms with Crippen LogP contribution in [0.25, 0.3) is 11.4 Å². The highest BCUT2D eigenvalue weighted by atomic mass is 32.2. The summed E-state index contributed by atoms with van der Waals surface area (Å²) in [7, 11) is 0. The lowest BCUT2D eigenvalue weighted by Gasteiger charge is -2.29. The molecule has 10 heteroatoms. The SMILES string of the molecule is O=C(Nc1ccc(-c2nc(N3CCOCC3)cc(C3(Sc4ccc(F)c(F)c4)CC3)n2)cc1)Oc1ccccc1. The minimum absolute atomic E-state index is 0.342. The van der Waals surface area contributed by atoms with Crippen LogP contribution in [-0.2, 0) is 9.48 Å². The number of thioether (sulfide) groups is 1. The minimum atomic E-state index is -0.862. The molecule has 1 aliphatic heterocycles. The van der Waals surface area contributed by atoms with Gasteiger partial charge in [-0.05, 0) is 67.4 Å². The second-order valence-corrected chi connectivity index (χ2v) is 11.1. The van der Waals surface area contributed by atoms with Crippen LogP contribution in [0.1, 0.15) is 18.5 Å². The number of hydrogen-bond acceptors (Lipinski definition) is 7. The van der Waals surface area contributed by atoms with Crippen LogP contribution in [0.3, 0.4) is 0 Å². The number of halogens is 2. The largest absolute Gasteiger partial charge is 0.417 e. The summed E-state index contributed by atoms with van der Waals surface area (Å²) in [4.78, 5) is 24.9. The molecule has 2 fully saturated rings. The van der Waals surface area contributed by atoms with Gasteiger partial charge in [0, 0.05) is 35.3 Å². The third-order valence-corrected chi connectivity index (χ3v) is 8.26. The van der Waals surface area contributed by atoms with E-state index in [1.807, 2.05) is 24.3 Å². The van der Waals surface area contributed by atoms with E-state index in [9.17, 15) is 13.6 Å². The lowest BCUT2D eigenvalue weighted by atomic mass is 10.1. The number of nitrogens with zero attached hydrogens (tertiary/aromatic N) is 3. The van der Waals surface area contributed by atoms with E-state index in [4.69, 9.17) is 19.4 Å². The Morgan fingerprint density at radius 2 is 1.68 bits per heavy atom.